The van der Waals surface area contributed by atoms with Gasteiger partial charge in [-0.15, -0.1) is 0 Å². The van der Waals surface area contributed by atoms with E-state index in [1.54, 1.807) is 24.3 Å². The highest BCUT2D eigenvalue weighted by atomic mass is 16.5. The third kappa shape index (κ3) is 4.24. The topological polar surface area (TPSA) is 66.8 Å². The van der Waals surface area contributed by atoms with E-state index in [1.807, 2.05) is 4.90 Å². The molecule has 1 fully saturated rings. The summed E-state index contributed by atoms with van der Waals surface area (Å²) in [6, 6.07) is 6.67. The Bertz CT molecular complexity index is 539. The van der Waals surface area contributed by atoms with Crippen LogP contribution < -0.4 is 4.74 Å². The molecule has 1 aromatic rings. The van der Waals surface area contributed by atoms with Gasteiger partial charge in [0, 0.05) is 18.7 Å². The van der Waals surface area contributed by atoms with E-state index in [-0.39, 0.29) is 12.5 Å². The molecule has 1 aliphatic heterocycles. The molecule has 126 valence electrons. The van der Waals surface area contributed by atoms with Gasteiger partial charge in [0.25, 0.3) is 5.91 Å². The third-order valence-corrected chi connectivity index (χ3v) is 5.07. The normalized spacial score (nSPS) is 16.9. The average molecular weight is 319 g/mol. The Morgan fingerprint density at radius 1 is 1.13 bits per heavy atom. The van der Waals surface area contributed by atoms with Crippen LogP contribution >= 0.6 is 0 Å². The van der Waals surface area contributed by atoms with E-state index in [0.29, 0.717) is 16.7 Å². The van der Waals surface area contributed by atoms with Crippen LogP contribution in [0.15, 0.2) is 24.3 Å². The lowest BCUT2D eigenvalue weighted by atomic mass is 9.74. The predicted molar refractivity (Wildman–Crippen MR) is 87.7 cm³/mol. The van der Waals surface area contributed by atoms with Crippen LogP contribution in [-0.2, 0) is 4.79 Å². The number of carboxylic acids is 1. The molecule has 1 heterocycles. The smallest absolute Gasteiger partial charge is 0.341 e. The molecule has 1 amide bonds. The van der Waals surface area contributed by atoms with Crippen LogP contribution in [0.4, 0.5) is 0 Å². The van der Waals surface area contributed by atoms with E-state index in [0.717, 1.165) is 25.9 Å². The fourth-order valence-corrected chi connectivity index (χ4v) is 3.16. The highest BCUT2D eigenvalue weighted by Crippen LogP contribution is 2.38. The van der Waals surface area contributed by atoms with E-state index in [2.05, 4.69) is 13.8 Å². The van der Waals surface area contributed by atoms with Crippen molar-refractivity contribution in [1.82, 2.24) is 4.90 Å². The Balaban J connectivity index is 1.95. The maximum Gasteiger partial charge on any atom is 0.341 e. The molecule has 1 saturated heterocycles. The van der Waals surface area contributed by atoms with Gasteiger partial charge in [-0.25, -0.2) is 4.79 Å². The molecule has 0 unspecified atom stereocenters. The molecular weight excluding hydrogens is 294 g/mol. The average Bonchev–Trinajstić information content (AvgIpc) is 2.60. The minimum atomic E-state index is -1.02. The van der Waals surface area contributed by atoms with Gasteiger partial charge in [-0.3, -0.25) is 4.79 Å². The van der Waals surface area contributed by atoms with Crippen LogP contribution in [-0.4, -0.2) is 41.6 Å². The summed E-state index contributed by atoms with van der Waals surface area (Å²) in [5.41, 5.74) is 1.01. The summed E-state index contributed by atoms with van der Waals surface area (Å²) in [5.74, 6) is -0.525. The molecule has 0 saturated carbocycles. The second-order valence-corrected chi connectivity index (χ2v) is 6.21. The number of rotatable bonds is 6. The highest BCUT2D eigenvalue weighted by Gasteiger charge is 2.33. The number of piperidine rings is 1. The van der Waals surface area contributed by atoms with Gasteiger partial charge < -0.3 is 14.7 Å². The van der Waals surface area contributed by atoms with Crippen molar-refractivity contribution in [1.29, 1.82) is 0 Å². The number of hydrogen-bond acceptors (Lipinski definition) is 3. The monoisotopic (exact) mass is 319 g/mol. The molecule has 0 aromatic heterocycles. The summed E-state index contributed by atoms with van der Waals surface area (Å²) in [6.07, 6.45) is 4.46. The molecule has 0 spiro atoms. The van der Waals surface area contributed by atoms with E-state index in [1.165, 1.54) is 12.8 Å². The molecule has 0 atom stereocenters. The van der Waals surface area contributed by atoms with Gasteiger partial charge in [-0.2, -0.15) is 0 Å². The fraction of sp³-hybridized carbons (Fsp3) is 0.556. The lowest BCUT2D eigenvalue weighted by molar-refractivity contribution is -0.139. The number of carbonyl (C=O) groups is 2. The molecular formula is C18H25NO4. The van der Waals surface area contributed by atoms with Crippen molar-refractivity contribution < 1.29 is 19.4 Å². The number of nitrogens with zero attached hydrogens (tertiary/aromatic N) is 1. The van der Waals surface area contributed by atoms with Gasteiger partial charge in [-0.1, -0.05) is 26.7 Å². The van der Waals surface area contributed by atoms with Crippen molar-refractivity contribution >= 4 is 11.9 Å². The Morgan fingerprint density at radius 2 is 1.70 bits per heavy atom. The maximum atomic E-state index is 12.6. The van der Waals surface area contributed by atoms with Gasteiger partial charge in [0.05, 0.1) is 0 Å². The lowest BCUT2D eigenvalue weighted by Gasteiger charge is -2.41. The second-order valence-electron chi connectivity index (χ2n) is 6.21. The summed E-state index contributed by atoms with van der Waals surface area (Å²) >= 11 is 0. The van der Waals surface area contributed by atoms with Crippen molar-refractivity contribution in [3.05, 3.63) is 29.8 Å². The number of carboxylic acid groups (broad SMARTS) is 1. The van der Waals surface area contributed by atoms with Crippen LogP contribution in [0.3, 0.4) is 0 Å². The summed E-state index contributed by atoms with van der Waals surface area (Å²) in [4.78, 5) is 24.9. The molecule has 1 aromatic carbocycles. The lowest BCUT2D eigenvalue weighted by Crippen LogP contribution is -2.42. The number of ether oxygens (including phenoxy) is 1. The first kappa shape index (κ1) is 17.3. The molecule has 5 heteroatoms. The standard InChI is InChI=1S/C18H25NO4/c1-3-18(4-2)9-11-19(12-10-18)17(22)14-5-7-15(8-6-14)23-13-16(20)21/h5-8H,3-4,9-13H2,1-2H3,(H,20,21). The number of amides is 1. The Kier molecular flexibility index (Phi) is 5.64. The van der Waals surface area contributed by atoms with Crippen LogP contribution in [0.5, 0.6) is 5.75 Å². The summed E-state index contributed by atoms with van der Waals surface area (Å²) in [7, 11) is 0. The minimum absolute atomic E-state index is 0.0376. The number of benzene rings is 1. The number of aliphatic carboxylic acids is 1. The van der Waals surface area contributed by atoms with Gasteiger partial charge >= 0.3 is 5.97 Å². The predicted octanol–water partition coefficient (Wildman–Crippen LogP) is 3.19. The molecule has 5 nitrogen and oxygen atoms in total. The first-order valence-corrected chi connectivity index (χ1v) is 8.23. The zero-order valence-corrected chi connectivity index (χ0v) is 13.9. The van der Waals surface area contributed by atoms with Crippen molar-refractivity contribution in [2.24, 2.45) is 5.41 Å². The summed E-state index contributed by atoms with van der Waals surface area (Å²) in [5, 5.41) is 8.58. The summed E-state index contributed by atoms with van der Waals surface area (Å²) < 4.78 is 5.08. The molecule has 2 rings (SSSR count). The number of hydrogen-bond donors (Lipinski definition) is 1. The molecule has 0 bridgehead atoms. The van der Waals surface area contributed by atoms with E-state index in [4.69, 9.17) is 9.84 Å². The van der Waals surface area contributed by atoms with E-state index >= 15 is 0 Å². The first-order chi connectivity index (χ1) is 11.0. The Hall–Kier alpha value is -2.04. The van der Waals surface area contributed by atoms with E-state index < -0.39 is 5.97 Å². The van der Waals surface area contributed by atoms with Gasteiger partial charge in [0.1, 0.15) is 5.75 Å². The van der Waals surface area contributed by atoms with Crippen molar-refractivity contribution in [2.75, 3.05) is 19.7 Å². The molecule has 0 radical (unpaired) electrons. The third-order valence-electron chi connectivity index (χ3n) is 5.07. The second kappa shape index (κ2) is 7.49. The van der Waals surface area contributed by atoms with Crippen molar-refractivity contribution in [2.45, 2.75) is 39.5 Å². The zero-order valence-electron chi connectivity index (χ0n) is 13.9. The van der Waals surface area contributed by atoms with Crippen molar-refractivity contribution in [3.63, 3.8) is 0 Å². The van der Waals surface area contributed by atoms with Gasteiger partial charge in [-0.05, 0) is 42.5 Å². The Labute approximate surface area is 137 Å². The molecule has 0 aliphatic carbocycles. The molecule has 23 heavy (non-hydrogen) atoms. The molecule has 1 N–H and O–H groups in total. The van der Waals surface area contributed by atoms with Crippen LogP contribution in [0, 0.1) is 5.41 Å². The maximum absolute atomic E-state index is 12.6. The van der Waals surface area contributed by atoms with Gasteiger partial charge in [0.15, 0.2) is 6.61 Å². The van der Waals surface area contributed by atoms with E-state index in [9.17, 15) is 9.59 Å². The number of likely N-dealkylation sites (tertiary alicyclic amines) is 1. The van der Waals surface area contributed by atoms with Crippen LogP contribution in [0.2, 0.25) is 0 Å². The Morgan fingerprint density at radius 3 is 2.17 bits per heavy atom. The minimum Gasteiger partial charge on any atom is -0.482 e. The quantitative estimate of drug-likeness (QED) is 0.874. The zero-order chi connectivity index (χ0) is 16.9. The SMILES string of the molecule is CCC1(CC)CCN(C(=O)c2ccc(OCC(=O)O)cc2)CC1. The molecule has 1 aliphatic rings. The van der Waals surface area contributed by atoms with Crippen LogP contribution in [0.25, 0.3) is 0 Å². The van der Waals surface area contributed by atoms with Gasteiger partial charge in [0.2, 0.25) is 0 Å². The largest absolute Gasteiger partial charge is 0.482 e. The highest BCUT2D eigenvalue weighted by molar-refractivity contribution is 5.94. The fourth-order valence-electron chi connectivity index (χ4n) is 3.16. The number of carbonyl (C=O) groups excluding carboxylic acids is 1. The van der Waals surface area contributed by atoms with Crippen LogP contribution in [0.1, 0.15) is 49.9 Å². The van der Waals surface area contributed by atoms with Crippen molar-refractivity contribution in [3.8, 4) is 5.75 Å². The summed E-state index contributed by atoms with van der Waals surface area (Å²) in [6.45, 7) is 5.69. The first-order valence-electron chi connectivity index (χ1n) is 8.23.